The lowest BCUT2D eigenvalue weighted by Gasteiger charge is -2.23. The minimum atomic E-state index is -0.00450. The molecule has 1 aromatic carbocycles. The lowest BCUT2D eigenvalue weighted by atomic mass is 10.00. The first-order chi connectivity index (χ1) is 10.1. The molecule has 1 aliphatic heterocycles. The Morgan fingerprint density at radius 1 is 1.48 bits per heavy atom. The Hall–Kier alpha value is -1.77. The number of likely N-dealkylation sites (tertiary alicyclic amines) is 1. The van der Waals surface area contributed by atoms with E-state index in [1.54, 1.807) is 0 Å². The van der Waals surface area contributed by atoms with Crippen LogP contribution in [0.5, 0.6) is 0 Å². The normalized spacial score (nSPS) is 22.9. The van der Waals surface area contributed by atoms with Crippen LogP contribution in [0.3, 0.4) is 0 Å². The highest BCUT2D eigenvalue weighted by Crippen LogP contribution is 2.39. The number of amides is 2. The summed E-state index contributed by atoms with van der Waals surface area (Å²) < 4.78 is 0. The Bertz CT molecular complexity index is 548. The molecule has 0 radical (unpaired) electrons. The molecule has 0 bridgehead atoms. The average Bonchev–Trinajstić information content (AvgIpc) is 3.04. The van der Waals surface area contributed by atoms with Gasteiger partial charge in [0.2, 0.25) is 0 Å². The van der Waals surface area contributed by atoms with Crippen molar-refractivity contribution < 1.29 is 4.79 Å². The Labute approximate surface area is 127 Å². The van der Waals surface area contributed by atoms with E-state index in [0.717, 1.165) is 38.8 Å². The monoisotopic (exact) mass is 284 g/mol. The Morgan fingerprint density at radius 2 is 2.24 bits per heavy atom. The minimum Gasteiger partial charge on any atom is -0.332 e. The van der Waals surface area contributed by atoms with Crippen LogP contribution in [0.4, 0.5) is 4.79 Å². The maximum Gasteiger partial charge on any atom is 0.317 e. The molecule has 0 unspecified atom stereocenters. The molecule has 3 rings (SSSR count). The van der Waals surface area contributed by atoms with Crippen molar-refractivity contribution in [2.75, 3.05) is 13.1 Å². The third kappa shape index (κ3) is 3.12. The SMILES string of the molecule is C=C[C@H]1CCN(C(=O)NC2(Cc3ccccc3C)CC2)C1. The van der Waals surface area contributed by atoms with Crippen molar-refractivity contribution in [3.63, 3.8) is 0 Å². The number of aryl methyl sites for hydroxylation is 1. The standard InChI is InChI=1S/C18H24N2O/c1-3-15-8-11-20(13-15)17(21)19-18(9-10-18)12-16-7-5-4-6-14(16)2/h3-7,15H,1,8-13H2,2H3,(H,19,21)/t15-/m0/s1. The van der Waals surface area contributed by atoms with Gasteiger partial charge in [0.15, 0.2) is 0 Å². The van der Waals surface area contributed by atoms with E-state index in [1.807, 2.05) is 11.0 Å². The van der Waals surface area contributed by atoms with Crippen molar-refractivity contribution in [2.45, 2.75) is 38.1 Å². The number of urea groups is 1. The number of carbonyl (C=O) groups excluding carboxylic acids is 1. The lowest BCUT2D eigenvalue weighted by Crippen LogP contribution is -2.46. The fourth-order valence-electron chi connectivity index (χ4n) is 3.14. The second kappa shape index (κ2) is 5.55. The third-order valence-corrected chi connectivity index (χ3v) is 4.86. The van der Waals surface area contributed by atoms with Crippen molar-refractivity contribution in [3.05, 3.63) is 48.0 Å². The van der Waals surface area contributed by atoms with E-state index in [2.05, 4.69) is 43.1 Å². The maximum atomic E-state index is 12.4. The zero-order valence-electron chi connectivity index (χ0n) is 12.8. The van der Waals surface area contributed by atoms with E-state index in [1.165, 1.54) is 11.1 Å². The molecule has 1 aromatic rings. The van der Waals surface area contributed by atoms with Gasteiger partial charge in [-0.1, -0.05) is 30.3 Å². The highest BCUT2D eigenvalue weighted by atomic mass is 16.2. The summed E-state index contributed by atoms with van der Waals surface area (Å²) in [6.45, 7) is 7.64. The number of hydrogen-bond acceptors (Lipinski definition) is 1. The number of nitrogens with zero attached hydrogens (tertiary/aromatic N) is 1. The topological polar surface area (TPSA) is 32.3 Å². The number of carbonyl (C=O) groups is 1. The molecule has 1 atom stereocenters. The first-order valence-corrected chi connectivity index (χ1v) is 7.86. The lowest BCUT2D eigenvalue weighted by molar-refractivity contribution is 0.202. The predicted octanol–water partition coefficient (Wildman–Crippen LogP) is 3.29. The first kappa shape index (κ1) is 14.2. The van der Waals surface area contributed by atoms with Gasteiger partial charge in [0.25, 0.3) is 0 Å². The molecular formula is C18H24N2O. The van der Waals surface area contributed by atoms with Gasteiger partial charge in [-0.05, 0) is 49.7 Å². The number of rotatable bonds is 4. The number of hydrogen-bond donors (Lipinski definition) is 1. The van der Waals surface area contributed by atoms with Crippen molar-refractivity contribution in [2.24, 2.45) is 5.92 Å². The van der Waals surface area contributed by atoms with E-state index >= 15 is 0 Å². The fourth-order valence-corrected chi connectivity index (χ4v) is 3.14. The first-order valence-electron chi connectivity index (χ1n) is 7.86. The van der Waals surface area contributed by atoms with Gasteiger partial charge in [0.05, 0.1) is 0 Å². The number of nitrogens with one attached hydrogen (secondary N) is 1. The molecular weight excluding hydrogens is 260 g/mol. The van der Waals surface area contributed by atoms with Gasteiger partial charge in [-0.25, -0.2) is 4.79 Å². The van der Waals surface area contributed by atoms with Crippen molar-refractivity contribution >= 4 is 6.03 Å². The second-order valence-corrected chi connectivity index (χ2v) is 6.54. The van der Waals surface area contributed by atoms with Gasteiger partial charge in [0, 0.05) is 18.6 Å². The van der Waals surface area contributed by atoms with Gasteiger partial charge >= 0.3 is 6.03 Å². The van der Waals surface area contributed by atoms with E-state index in [9.17, 15) is 4.79 Å². The van der Waals surface area contributed by atoms with Crippen molar-refractivity contribution in [1.29, 1.82) is 0 Å². The number of benzene rings is 1. The van der Waals surface area contributed by atoms with E-state index < -0.39 is 0 Å². The van der Waals surface area contributed by atoms with Gasteiger partial charge in [-0.15, -0.1) is 6.58 Å². The summed E-state index contributed by atoms with van der Waals surface area (Å²) >= 11 is 0. The molecule has 2 aliphatic rings. The molecule has 3 nitrogen and oxygen atoms in total. The van der Waals surface area contributed by atoms with Gasteiger partial charge in [-0.3, -0.25) is 0 Å². The maximum absolute atomic E-state index is 12.4. The smallest absolute Gasteiger partial charge is 0.317 e. The average molecular weight is 284 g/mol. The Morgan fingerprint density at radius 3 is 2.86 bits per heavy atom. The van der Waals surface area contributed by atoms with Crippen LogP contribution >= 0.6 is 0 Å². The summed E-state index contributed by atoms with van der Waals surface area (Å²) in [6, 6.07) is 8.56. The van der Waals surface area contributed by atoms with Crippen LogP contribution in [0.2, 0.25) is 0 Å². The predicted molar refractivity (Wildman–Crippen MR) is 85.3 cm³/mol. The molecule has 112 valence electrons. The zero-order valence-corrected chi connectivity index (χ0v) is 12.8. The molecule has 1 saturated carbocycles. The summed E-state index contributed by atoms with van der Waals surface area (Å²) in [5, 5.41) is 3.28. The summed E-state index contributed by atoms with van der Waals surface area (Å²) in [6.07, 6.45) is 6.14. The molecule has 1 saturated heterocycles. The summed E-state index contributed by atoms with van der Waals surface area (Å²) in [5.41, 5.74) is 2.65. The molecule has 2 amide bonds. The zero-order chi connectivity index (χ0) is 14.9. The molecule has 3 heteroatoms. The Kier molecular flexibility index (Phi) is 3.75. The largest absolute Gasteiger partial charge is 0.332 e. The van der Waals surface area contributed by atoms with Crippen molar-refractivity contribution in [3.8, 4) is 0 Å². The fraction of sp³-hybridized carbons (Fsp3) is 0.500. The van der Waals surface area contributed by atoms with E-state index in [4.69, 9.17) is 0 Å². The molecule has 0 aromatic heterocycles. The molecule has 1 heterocycles. The van der Waals surface area contributed by atoms with Gasteiger partial charge in [0.1, 0.15) is 0 Å². The van der Waals surface area contributed by atoms with Crippen LogP contribution in [0, 0.1) is 12.8 Å². The van der Waals surface area contributed by atoms with Crippen LogP contribution in [0.25, 0.3) is 0 Å². The quantitative estimate of drug-likeness (QED) is 0.845. The van der Waals surface area contributed by atoms with Gasteiger partial charge < -0.3 is 10.2 Å². The molecule has 1 aliphatic carbocycles. The minimum absolute atomic E-state index is 0.00450. The Balaban J connectivity index is 1.61. The second-order valence-electron chi connectivity index (χ2n) is 6.54. The molecule has 1 N–H and O–H groups in total. The van der Waals surface area contributed by atoms with Crippen LogP contribution < -0.4 is 5.32 Å². The van der Waals surface area contributed by atoms with Gasteiger partial charge in [-0.2, -0.15) is 0 Å². The summed E-state index contributed by atoms with van der Waals surface area (Å²) in [5.74, 6) is 0.460. The van der Waals surface area contributed by atoms with Crippen LogP contribution in [-0.2, 0) is 6.42 Å². The highest BCUT2D eigenvalue weighted by Gasteiger charge is 2.45. The van der Waals surface area contributed by atoms with Crippen LogP contribution in [0.15, 0.2) is 36.9 Å². The molecule has 2 fully saturated rings. The summed E-state index contributed by atoms with van der Waals surface area (Å²) in [4.78, 5) is 14.4. The highest BCUT2D eigenvalue weighted by molar-refractivity contribution is 5.76. The van der Waals surface area contributed by atoms with Crippen LogP contribution in [-0.4, -0.2) is 29.6 Å². The van der Waals surface area contributed by atoms with Crippen molar-refractivity contribution in [1.82, 2.24) is 10.2 Å². The van der Waals surface area contributed by atoms with E-state index in [0.29, 0.717) is 5.92 Å². The van der Waals surface area contributed by atoms with E-state index in [-0.39, 0.29) is 11.6 Å². The summed E-state index contributed by atoms with van der Waals surface area (Å²) in [7, 11) is 0. The molecule has 21 heavy (non-hydrogen) atoms. The molecule has 0 spiro atoms. The third-order valence-electron chi connectivity index (χ3n) is 4.86. The van der Waals surface area contributed by atoms with Crippen LogP contribution in [0.1, 0.15) is 30.4 Å².